The zero-order valence-electron chi connectivity index (χ0n) is 24.3. The molecule has 0 amide bonds. The summed E-state index contributed by atoms with van der Waals surface area (Å²) in [4.78, 5) is 40.5. The number of ether oxygens (including phenoxy) is 3. The van der Waals surface area contributed by atoms with Crippen LogP contribution in [-0.4, -0.2) is 50.1 Å². The van der Waals surface area contributed by atoms with E-state index in [1.165, 1.54) is 6.92 Å². The molecule has 0 aromatic carbocycles. The van der Waals surface area contributed by atoms with Crippen LogP contribution in [0.2, 0.25) is 18.1 Å². The minimum atomic E-state index is -2.33. The maximum atomic E-state index is 15.2. The molecule has 206 valence electrons. The van der Waals surface area contributed by atoms with Crippen molar-refractivity contribution in [1.82, 2.24) is 0 Å². The van der Waals surface area contributed by atoms with Crippen molar-refractivity contribution in [2.24, 2.45) is 40.4 Å². The highest BCUT2D eigenvalue weighted by Gasteiger charge is 2.83. The molecule has 0 radical (unpaired) electrons. The number of ketones is 1. The molecule has 1 aliphatic heterocycles. The van der Waals surface area contributed by atoms with E-state index in [9.17, 15) is 9.59 Å². The number of Topliss-reactive ketones (excluding diaryl/α,β-unsaturated/α-hetero) is 1. The fourth-order valence-electron chi connectivity index (χ4n) is 8.42. The molecule has 2 spiro atoms. The molecule has 8 heteroatoms. The second-order valence-electron chi connectivity index (χ2n) is 14.6. The van der Waals surface area contributed by atoms with Crippen molar-refractivity contribution in [2.75, 3.05) is 0 Å². The molecule has 3 saturated carbocycles. The van der Waals surface area contributed by atoms with Crippen LogP contribution in [0.15, 0.2) is 11.6 Å². The monoisotopic (exact) mass is 532 g/mol. The van der Waals surface area contributed by atoms with Gasteiger partial charge >= 0.3 is 12.1 Å². The first-order chi connectivity index (χ1) is 16.8. The van der Waals surface area contributed by atoms with E-state index in [0.29, 0.717) is 5.92 Å². The molecule has 10 atom stereocenters. The van der Waals surface area contributed by atoms with E-state index in [1.807, 2.05) is 19.9 Å². The summed E-state index contributed by atoms with van der Waals surface area (Å²) in [6.07, 6.45) is -0.125. The van der Waals surface area contributed by atoms with Crippen LogP contribution in [0.3, 0.4) is 0 Å². The lowest BCUT2D eigenvalue weighted by molar-refractivity contribution is -0.181. The lowest BCUT2D eigenvalue weighted by Crippen LogP contribution is -2.65. The van der Waals surface area contributed by atoms with Crippen LogP contribution in [-0.2, 0) is 28.2 Å². The molecular weight excluding hydrogens is 488 g/mol. The predicted octanol–water partition coefficient (Wildman–Crippen LogP) is 5.68. The van der Waals surface area contributed by atoms with E-state index in [4.69, 9.17) is 18.6 Å². The third-order valence-corrected chi connectivity index (χ3v) is 15.8. The SMILES string of the molecule is CC(=O)O[C@H]1C(C)=CC23C(=O)[C@H](C4C(C[C@H]2C)C4(C)C)[C@H](O[Si](C)(C)C(C)(C)C)[C@H](C)C2OC(=O)OC213. The van der Waals surface area contributed by atoms with Gasteiger partial charge in [-0.2, -0.15) is 0 Å². The van der Waals surface area contributed by atoms with Crippen LogP contribution >= 0.6 is 0 Å². The predicted molar refractivity (Wildman–Crippen MR) is 140 cm³/mol. The van der Waals surface area contributed by atoms with Gasteiger partial charge in [0.15, 0.2) is 26.3 Å². The Kier molecular flexibility index (Phi) is 5.61. The van der Waals surface area contributed by atoms with Crippen molar-refractivity contribution >= 4 is 26.2 Å². The molecule has 0 aromatic rings. The average molecular weight is 533 g/mol. The van der Waals surface area contributed by atoms with Gasteiger partial charge in [0.2, 0.25) is 5.60 Å². The zero-order valence-corrected chi connectivity index (χ0v) is 25.3. The van der Waals surface area contributed by atoms with Gasteiger partial charge in [-0.3, -0.25) is 9.59 Å². The van der Waals surface area contributed by atoms with E-state index in [1.54, 1.807) is 0 Å². The first-order valence-corrected chi connectivity index (χ1v) is 16.7. The van der Waals surface area contributed by atoms with Crippen molar-refractivity contribution in [3.8, 4) is 0 Å². The maximum absolute atomic E-state index is 15.2. The minimum absolute atomic E-state index is 0.0156. The Balaban J connectivity index is 1.77. The Morgan fingerprint density at radius 1 is 1.16 bits per heavy atom. The lowest BCUT2D eigenvalue weighted by atomic mass is 9.59. The molecule has 4 fully saturated rings. The van der Waals surface area contributed by atoms with Gasteiger partial charge in [0.1, 0.15) is 0 Å². The fraction of sp³-hybridized carbons (Fsp3) is 0.828. The van der Waals surface area contributed by atoms with E-state index < -0.39 is 49.8 Å². The number of hydrogen-bond acceptors (Lipinski definition) is 7. The molecule has 5 aliphatic rings. The summed E-state index contributed by atoms with van der Waals surface area (Å²) in [6.45, 7) is 22.9. The highest BCUT2D eigenvalue weighted by Crippen LogP contribution is 2.74. The summed E-state index contributed by atoms with van der Waals surface area (Å²) in [5.74, 6) is -0.719. The quantitative estimate of drug-likeness (QED) is 0.263. The number of carbonyl (C=O) groups is 3. The first kappa shape index (κ1) is 26.9. The van der Waals surface area contributed by atoms with Gasteiger partial charge in [-0.15, -0.1) is 0 Å². The number of carbonyl (C=O) groups excluding carboxylic acids is 3. The van der Waals surface area contributed by atoms with Gasteiger partial charge in [-0.1, -0.05) is 54.5 Å². The topological polar surface area (TPSA) is 88.1 Å². The molecule has 7 nitrogen and oxygen atoms in total. The molecule has 1 heterocycles. The Bertz CT molecular complexity index is 1090. The Hall–Kier alpha value is -1.67. The van der Waals surface area contributed by atoms with Gasteiger partial charge in [0.25, 0.3) is 0 Å². The van der Waals surface area contributed by atoms with Gasteiger partial charge in [-0.05, 0) is 60.2 Å². The standard InChI is InChI=1S/C29H44O7Si/c1-14-13-28-15(2)12-18-20(27(18,8)9)19(22(28)31)21(36-37(10,11)26(5,6)7)16(3)24-29(28,35-25(32)34-24)23(14)33-17(4)30/h13,15-16,18-21,23-24H,12H2,1-11H3/t15-,16+,18?,19-,20?,21-,23+,24?,28?,29?/m1/s1. The van der Waals surface area contributed by atoms with Gasteiger partial charge < -0.3 is 18.6 Å². The van der Waals surface area contributed by atoms with Crippen molar-refractivity contribution in [3.63, 3.8) is 0 Å². The number of fused-ring (bicyclic) bond motifs is 3. The van der Waals surface area contributed by atoms with Gasteiger partial charge in [0.05, 0.1) is 11.5 Å². The van der Waals surface area contributed by atoms with Crippen LogP contribution in [0, 0.1) is 40.4 Å². The Morgan fingerprint density at radius 3 is 2.35 bits per heavy atom. The zero-order chi connectivity index (χ0) is 27.7. The summed E-state index contributed by atoms with van der Waals surface area (Å²) in [7, 11) is -2.33. The summed E-state index contributed by atoms with van der Waals surface area (Å²) >= 11 is 0. The van der Waals surface area contributed by atoms with Gasteiger partial charge in [-0.25, -0.2) is 4.79 Å². The summed E-state index contributed by atoms with van der Waals surface area (Å²) < 4.78 is 25.2. The fourth-order valence-corrected chi connectivity index (χ4v) is 9.82. The summed E-state index contributed by atoms with van der Waals surface area (Å²) in [5.41, 5.74) is -1.84. The number of esters is 1. The minimum Gasteiger partial charge on any atom is -0.454 e. The smallest absolute Gasteiger partial charge is 0.454 e. The van der Waals surface area contributed by atoms with Crippen molar-refractivity contribution < 1.29 is 33.0 Å². The third-order valence-electron chi connectivity index (χ3n) is 11.3. The Labute approximate surface area is 222 Å². The third kappa shape index (κ3) is 3.23. The molecule has 5 rings (SSSR count). The van der Waals surface area contributed by atoms with E-state index in [2.05, 4.69) is 54.6 Å². The molecule has 0 aromatic heterocycles. The molecule has 2 bridgehead atoms. The summed E-state index contributed by atoms with van der Waals surface area (Å²) in [5, 5.41) is -0.0660. The number of rotatable bonds is 3. The first-order valence-electron chi connectivity index (χ1n) is 13.8. The highest BCUT2D eigenvalue weighted by atomic mass is 28.4. The molecule has 4 aliphatic carbocycles. The van der Waals surface area contributed by atoms with Crippen LogP contribution < -0.4 is 0 Å². The average Bonchev–Trinajstić information content (AvgIpc) is 3.03. The second kappa shape index (κ2) is 7.71. The van der Waals surface area contributed by atoms with Crippen LogP contribution in [0.1, 0.15) is 68.7 Å². The lowest BCUT2D eigenvalue weighted by Gasteiger charge is -2.47. The Morgan fingerprint density at radius 2 is 1.78 bits per heavy atom. The van der Waals surface area contributed by atoms with E-state index in [-0.39, 0.29) is 39.9 Å². The summed E-state index contributed by atoms with van der Waals surface area (Å²) in [6, 6.07) is 0. The second-order valence-corrected chi connectivity index (χ2v) is 19.4. The molecule has 1 saturated heterocycles. The molecular formula is C29H44O7Si. The van der Waals surface area contributed by atoms with Crippen molar-refractivity contribution in [2.45, 2.75) is 111 Å². The number of hydrogen-bond donors (Lipinski definition) is 0. The van der Waals surface area contributed by atoms with E-state index in [0.717, 1.165) is 12.0 Å². The highest BCUT2D eigenvalue weighted by molar-refractivity contribution is 6.74. The molecule has 0 N–H and O–H groups in total. The largest absolute Gasteiger partial charge is 0.509 e. The van der Waals surface area contributed by atoms with Crippen molar-refractivity contribution in [3.05, 3.63) is 11.6 Å². The van der Waals surface area contributed by atoms with Crippen LogP contribution in [0.4, 0.5) is 4.79 Å². The van der Waals surface area contributed by atoms with Crippen molar-refractivity contribution in [1.29, 1.82) is 0 Å². The van der Waals surface area contributed by atoms with Gasteiger partial charge in [0, 0.05) is 18.8 Å². The maximum Gasteiger partial charge on any atom is 0.509 e. The van der Waals surface area contributed by atoms with Crippen LogP contribution in [0.5, 0.6) is 0 Å². The van der Waals surface area contributed by atoms with E-state index >= 15 is 4.79 Å². The normalized spacial score (nSPS) is 45.9. The molecule has 37 heavy (non-hydrogen) atoms. The molecule has 5 unspecified atom stereocenters. The van der Waals surface area contributed by atoms with Crippen LogP contribution in [0.25, 0.3) is 0 Å².